The SMILES string of the molecule is CON(C)C(=O)CSCC#C[C@](N[C@@H](CC(C)(C)F)C(N)=O)(c1ccc(Br)cc1)C(F)(F)F. The summed E-state index contributed by atoms with van der Waals surface area (Å²) in [6.45, 7) is 2.27. The number of nitrogens with zero attached hydrogens (tertiary/aromatic N) is 1. The number of hydrogen-bond acceptors (Lipinski definition) is 5. The predicted octanol–water partition coefficient (Wildman–Crippen LogP) is 3.54. The molecule has 0 aliphatic carbocycles. The number of rotatable bonds is 10. The van der Waals surface area contributed by atoms with Crippen LogP contribution in [0.1, 0.15) is 25.8 Å². The first-order chi connectivity index (χ1) is 15.1. The largest absolute Gasteiger partial charge is 0.422 e. The molecule has 0 bridgehead atoms. The van der Waals surface area contributed by atoms with Crippen molar-refractivity contribution in [2.24, 2.45) is 5.73 Å². The highest BCUT2D eigenvalue weighted by Gasteiger charge is 2.57. The van der Waals surface area contributed by atoms with Crippen molar-refractivity contribution < 1.29 is 32.0 Å². The highest BCUT2D eigenvalue weighted by Crippen LogP contribution is 2.40. The van der Waals surface area contributed by atoms with E-state index in [1.54, 1.807) is 0 Å². The minimum absolute atomic E-state index is 0.0658. The van der Waals surface area contributed by atoms with E-state index < -0.39 is 41.7 Å². The van der Waals surface area contributed by atoms with Gasteiger partial charge in [-0.1, -0.05) is 39.9 Å². The Morgan fingerprint density at radius 1 is 1.24 bits per heavy atom. The van der Waals surface area contributed by atoms with Crippen molar-refractivity contribution in [3.8, 4) is 11.8 Å². The molecule has 0 heterocycles. The number of thioether (sulfide) groups is 1. The van der Waals surface area contributed by atoms with E-state index in [9.17, 15) is 27.2 Å². The first-order valence-corrected chi connectivity index (χ1v) is 11.5. The van der Waals surface area contributed by atoms with E-state index in [4.69, 9.17) is 10.6 Å². The molecular weight excluding hydrogens is 530 g/mol. The van der Waals surface area contributed by atoms with Crippen molar-refractivity contribution in [2.45, 2.75) is 43.7 Å². The molecule has 0 unspecified atom stereocenters. The maximum atomic E-state index is 14.5. The normalized spacial score (nSPS) is 14.6. The van der Waals surface area contributed by atoms with Gasteiger partial charge in [-0.2, -0.15) is 13.2 Å². The third kappa shape index (κ3) is 8.81. The number of nitrogens with one attached hydrogen (secondary N) is 1. The summed E-state index contributed by atoms with van der Waals surface area (Å²) >= 11 is 4.16. The van der Waals surface area contributed by atoms with Crippen LogP contribution in [0.3, 0.4) is 0 Å². The summed E-state index contributed by atoms with van der Waals surface area (Å²) in [6, 6.07) is 3.52. The Morgan fingerprint density at radius 2 is 1.82 bits per heavy atom. The summed E-state index contributed by atoms with van der Waals surface area (Å²) in [5, 5.41) is 3.18. The topological polar surface area (TPSA) is 84.7 Å². The summed E-state index contributed by atoms with van der Waals surface area (Å²) in [5.74, 6) is 2.90. The summed E-state index contributed by atoms with van der Waals surface area (Å²) in [5.41, 5.74) is 0.0222. The summed E-state index contributed by atoms with van der Waals surface area (Å²) in [6.07, 6.45) is -5.59. The van der Waals surface area contributed by atoms with Gasteiger partial charge in [0, 0.05) is 17.9 Å². The van der Waals surface area contributed by atoms with E-state index in [2.05, 4.69) is 33.1 Å². The van der Waals surface area contributed by atoms with Crippen LogP contribution in [0, 0.1) is 11.8 Å². The maximum absolute atomic E-state index is 14.5. The van der Waals surface area contributed by atoms with Gasteiger partial charge in [0.15, 0.2) is 0 Å². The average molecular weight is 556 g/mol. The molecule has 0 spiro atoms. The molecule has 0 aliphatic heterocycles. The van der Waals surface area contributed by atoms with Crippen LogP contribution in [-0.2, 0) is 20.0 Å². The van der Waals surface area contributed by atoms with E-state index in [0.29, 0.717) is 4.47 Å². The third-order valence-corrected chi connectivity index (χ3v) is 5.76. The summed E-state index contributed by atoms with van der Waals surface area (Å²) < 4.78 is 58.3. The molecular formula is C21H26BrF4N3O3S. The summed E-state index contributed by atoms with van der Waals surface area (Å²) in [4.78, 5) is 28.4. The Bertz CT molecular complexity index is 882. The number of hydrogen-bond donors (Lipinski definition) is 2. The zero-order chi connectivity index (χ0) is 25.4. The Morgan fingerprint density at radius 3 is 2.27 bits per heavy atom. The fourth-order valence-corrected chi connectivity index (χ4v) is 3.63. The number of nitrogens with two attached hydrogens (primary N) is 1. The van der Waals surface area contributed by atoms with Crippen LogP contribution in [0.5, 0.6) is 0 Å². The maximum Gasteiger partial charge on any atom is 0.422 e. The molecule has 2 atom stereocenters. The first kappa shape index (κ1) is 29.2. The minimum atomic E-state index is -5.00. The molecule has 0 aromatic heterocycles. The van der Waals surface area contributed by atoms with Gasteiger partial charge < -0.3 is 5.73 Å². The third-order valence-electron chi connectivity index (χ3n) is 4.43. The molecule has 33 heavy (non-hydrogen) atoms. The Labute approximate surface area is 203 Å². The monoisotopic (exact) mass is 555 g/mol. The molecule has 0 saturated heterocycles. The lowest BCUT2D eigenvalue weighted by atomic mass is 9.87. The smallest absolute Gasteiger partial charge is 0.368 e. The van der Waals surface area contributed by atoms with E-state index in [-0.39, 0.29) is 17.1 Å². The highest BCUT2D eigenvalue weighted by atomic mass is 79.9. The van der Waals surface area contributed by atoms with Crippen molar-refractivity contribution in [3.63, 3.8) is 0 Å². The number of carbonyl (C=O) groups is 2. The van der Waals surface area contributed by atoms with Crippen molar-refractivity contribution in [1.29, 1.82) is 0 Å². The number of carbonyl (C=O) groups excluding carboxylic acids is 2. The molecule has 1 aromatic carbocycles. The minimum Gasteiger partial charge on any atom is -0.368 e. The predicted molar refractivity (Wildman–Crippen MR) is 123 cm³/mol. The number of hydroxylamine groups is 2. The molecule has 12 heteroatoms. The van der Waals surface area contributed by atoms with Crippen LogP contribution in [0.15, 0.2) is 28.7 Å². The molecule has 2 amide bonds. The molecule has 1 aromatic rings. The van der Waals surface area contributed by atoms with Gasteiger partial charge >= 0.3 is 6.18 Å². The average Bonchev–Trinajstić information content (AvgIpc) is 2.69. The van der Waals surface area contributed by atoms with Gasteiger partial charge in [-0.3, -0.25) is 19.7 Å². The molecule has 0 aliphatic rings. The first-order valence-electron chi connectivity index (χ1n) is 9.60. The lowest BCUT2D eigenvalue weighted by Crippen LogP contribution is -2.60. The number of halogens is 5. The van der Waals surface area contributed by atoms with Crippen LogP contribution in [0.2, 0.25) is 0 Å². The van der Waals surface area contributed by atoms with Gasteiger partial charge in [0.05, 0.1) is 24.7 Å². The molecule has 1 rings (SSSR count). The lowest BCUT2D eigenvalue weighted by molar-refractivity contribution is -0.185. The Kier molecular flexibility index (Phi) is 10.7. The van der Waals surface area contributed by atoms with Crippen LogP contribution < -0.4 is 11.1 Å². The van der Waals surface area contributed by atoms with Gasteiger partial charge in [0.2, 0.25) is 11.4 Å². The Hall–Kier alpha value is -1.81. The Balaban J connectivity index is 3.39. The van der Waals surface area contributed by atoms with Crippen molar-refractivity contribution in [2.75, 3.05) is 25.7 Å². The zero-order valence-corrected chi connectivity index (χ0v) is 21.0. The van der Waals surface area contributed by atoms with Gasteiger partial charge in [0.25, 0.3) is 5.91 Å². The quantitative estimate of drug-likeness (QED) is 0.200. The number of alkyl halides is 4. The van der Waals surface area contributed by atoms with Gasteiger partial charge in [0.1, 0.15) is 5.67 Å². The number of amides is 2. The van der Waals surface area contributed by atoms with Gasteiger partial charge in [-0.05, 0) is 31.5 Å². The van der Waals surface area contributed by atoms with Crippen molar-refractivity contribution >= 4 is 39.5 Å². The second kappa shape index (κ2) is 12.1. The van der Waals surface area contributed by atoms with E-state index >= 15 is 0 Å². The second-order valence-corrected chi connectivity index (χ2v) is 9.55. The van der Waals surface area contributed by atoms with Gasteiger partial charge in [-0.25, -0.2) is 9.45 Å². The van der Waals surface area contributed by atoms with E-state index in [1.807, 2.05) is 0 Å². The molecule has 184 valence electrons. The zero-order valence-electron chi connectivity index (χ0n) is 18.6. The summed E-state index contributed by atoms with van der Waals surface area (Å²) in [7, 11) is 2.70. The van der Waals surface area contributed by atoms with Crippen molar-refractivity contribution in [1.82, 2.24) is 10.4 Å². The standard InChI is InChI=1S/C21H26BrF4N3O3S/c1-19(2,23)12-16(18(27)31)28-20(21(24,25)26,14-6-8-15(22)9-7-14)10-5-11-33-13-17(30)29(3)32-4/h6-9,16,28H,11-13H2,1-4H3,(H2,27,31)/t16-,20-/m0/s1. The van der Waals surface area contributed by atoms with Crippen LogP contribution in [0.4, 0.5) is 17.6 Å². The van der Waals surface area contributed by atoms with Gasteiger partial charge in [-0.15, -0.1) is 11.8 Å². The molecule has 0 radical (unpaired) electrons. The second-order valence-electron chi connectivity index (χ2n) is 7.65. The molecule has 0 saturated carbocycles. The number of primary amides is 1. The fraction of sp³-hybridized carbons (Fsp3) is 0.524. The molecule has 3 N–H and O–H groups in total. The van der Waals surface area contributed by atoms with Crippen LogP contribution in [0.25, 0.3) is 0 Å². The van der Waals surface area contributed by atoms with E-state index in [1.165, 1.54) is 38.4 Å². The fourth-order valence-electron chi connectivity index (χ4n) is 2.73. The van der Waals surface area contributed by atoms with Crippen LogP contribution in [-0.4, -0.2) is 60.4 Å². The van der Waals surface area contributed by atoms with Crippen molar-refractivity contribution in [3.05, 3.63) is 34.3 Å². The lowest BCUT2D eigenvalue weighted by Gasteiger charge is -2.36. The highest BCUT2D eigenvalue weighted by molar-refractivity contribution is 9.10. The van der Waals surface area contributed by atoms with E-state index in [0.717, 1.165) is 30.7 Å². The number of benzene rings is 1. The van der Waals surface area contributed by atoms with Crippen LogP contribution >= 0.6 is 27.7 Å². The molecule has 0 fully saturated rings. The molecule has 6 nitrogen and oxygen atoms in total.